The predicted octanol–water partition coefficient (Wildman–Crippen LogP) is 1.99. The molecule has 1 saturated heterocycles. The monoisotopic (exact) mass is 365 g/mol. The fraction of sp³-hybridized carbons (Fsp3) is 0.286. The van der Waals surface area contributed by atoms with Gasteiger partial charge in [0.15, 0.2) is 0 Å². The first-order valence-electron chi connectivity index (χ1n) is 9.08. The third-order valence-electron chi connectivity index (χ3n) is 4.66. The molecule has 140 valence electrons. The second kappa shape index (κ2) is 8.49. The number of amides is 3. The van der Waals surface area contributed by atoms with Crippen LogP contribution in [0.5, 0.6) is 0 Å². The number of hydrazine groups is 1. The van der Waals surface area contributed by atoms with E-state index in [1.54, 1.807) is 4.90 Å². The van der Waals surface area contributed by atoms with Gasteiger partial charge in [-0.15, -0.1) is 0 Å². The zero-order valence-corrected chi connectivity index (χ0v) is 15.3. The van der Waals surface area contributed by atoms with E-state index in [-0.39, 0.29) is 30.6 Å². The lowest BCUT2D eigenvalue weighted by molar-refractivity contribution is -0.131. The number of nitrogens with one attached hydrogen (secondary N) is 2. The highest BCUT2D eigenvalue weighted by molar-refractivity contribution is 6.00. The van der Waals surface area contributed by atoms with Gasteiger partial charge in [0.25, 0.3) is 0 Å². The molecule has 1 aliphatic rings. The van der Waals surface area contributed by atoms with E-state index in [1.807, 2.05) is 54.6 Å². The Labute approximate surface area is 158 Å². The Kier molecular flexibility index (Phi) is 5.86. The summed E-state index contributed by atoms with van der Waals surface area (Å²) in [6, 6.07) is 17.1. The molecule has 3 rings (SSSR count). The minimum absolute atomic E-state index is 0.0842. The van der Waals surface area contributed by atoms with Crippen LogP contribution in [0.3, 0.4) is 0 Å². The van der Waals surface area contributed by atoms with E-state index < -0.39 is 5.92 Å². The van der Waals surface area contributed by atoms with Crippen molar-refractivity contribution in [2.24, 2.45) is 5.92 Å². The first kappa shape index (κ1) is 18.6. The Bertz CT molecular complexity index is 836. The van der Waals surface area contributed by atoms with Gasteiger partial charge < -0.3 is 4.90 Å². The normalized spacial score (nSPS) is 16.3. The third kappa shape index (κ3) is 4.73. The molecule has 0 radical (unpaired) electrons. The molecule has 1 atom stereocenters. The van der Waals surface area contributed by atoms with Crippen molar-refractivity contribution in [2.45, 2.75) is 26.2 Å². The highest BCUT2D eigenvalue weighted by Crippen LogP contribution is 2.26. The average molecular weight is 365 g/mol. The largest absolute Gasteiger partial charge is 0.312 e. The number of benzene rings is 2. The van der Waals surface area contributed by atoms with E-state index in [2.05, 4.69) is 17.8 Å². The summed E-state index contributed by atoms with van der Waals surface area (Å²) in [5, 5.41) is 0. The van der Waals surface area contributed by atoms with Crippen LogP contribution in [0.15, 0.2) is 54.6 Å². The number of anilines is 1. The van der Waals surface area contributed by atoms with Crippen LogP contribution in [0.25, 0.3) is 0 Å². The fourth-order valence-electron chi connectivity index (χ4n) is 3.14. The highest BCUT2D eigenvalue weighted by Gasteiger charge is 2.35. The summed E-state index contributed by atoms with van der Waals surface area (Å²) in [7, 11) is 0. The van der Waals surface area contributed by atoms with Gasteiger partial charge in [0.05, 0.1) is 12.3 Å². The standard InChI is InChI=1S/C21H23N3O3/c1-2-15-9-6-10-18(11-15)24-14-17(13-20(24)26)21(27)23-22-19(25)12-16-7-4-3-5-8-16/h3-11,17H,2,12-14H2,1H3,(H,22,25)(H,23,27). The first-order chi connectivity index (χ1) is 13.1. The van der Waals surface area contributed by atoms with Crippen molar-refractivity contribution < 1.29 is 14.4 Å². The maximum Gasteiger partial charge on any atom is 0.243 e. The van der Waals surface area contributed by atoms with Gasteiger partial charge in [-0.2, -0.15) is 0 Å². The van der Waals surface area contributed by atoms with Gasteiger partial charge in [-0.25, -0.2) is 0 Å². The quantitative estimate of drug-likeness (QED) is 0.796. The van der Waals surface area contributed by atoms with Crippen LogP contribution in [0.2, 0.25) is 0 Å². The van der Waals surface area contributed by atoms with Crippen LogP contribution in [-0.2, 0) is 27.2 Å². The lowest BCUT2D eigenvalue weighted by Gasteiger charge is -2.17. The SMILES string of the molecule is CCc1cccc(N2CC(C(=O)NNC(=O)Cc3ccccc3)CC2=O)c1. The number of carbonyl (C=O) groups excluding carboxylic acids is 3. The van der Waals surface area contributed by atoms with Gasteiger partial charge in [0, 0.05) is 18.7 Å². The molecule has 1 heterocycles. The first-order valence-corrected chi connectivity index (χ1v) is 9.08. The molecule has 6 nitrogen and oxygen atoms in total. The van der Waals surface area contributed by atoms with Crippen LogP contribution in [-0.4, -0.2) is 24.3 Å². The summed E-state index contributed by atoms with van der Waals surface area (Å²) in [5.74, 6) is -1.22. The second-order valence-electron chi connectivity index (χ2n) is 6.63. The Hall–Kier alpha value is -3.15. The number of aryl methyl sites for hydroxylation is 1. The van der Waals surface area contributed by atoms with Crippen LogP contribution < -0.4 is 15.8 Å². The van der Waals surface area contributed by atoms with Crippen molar-refractivity contribution in [3.05, 3.63) is 65.7 Å². The molecule has 27 heavy (non-hydrogen) atoms. The molecule has 3 amide bonds. The Morgan fingerprint density at radius 3 is 2.52 bits per heavy atom. The molecule has 1 unspecified atom stereocenters. The van der Waals surface area contributed by atoms with Gasteiger partial charge in [0.1, 0.15) is 0 Å². The fourth-order valence-corrected chi connectivity index (χ4v) is 3.14. The molecule has 1 fully saturated rings. The molecule has 0 bridgehead atoms. The predicted molar refractivity (Wildman–Crippen MR) is 103 cm³/mol. The molecular weight excluding hydrogens is 342 g/mol. The highest BCUT2D eigenvalue weighted by atomic mass is 16.2. The molecule has 1 aliphatic heterocycles. The van der Waals surface area contributed by atoms with E-state index in [1.165, 1.54) is 0 Å². The Morgan fingerprint density at radius 2 is 1.78 bits per heavy atom. The molecule has 0 aromatic heterocycles. The summed E-state index contributed by atoms with van der Waals surface area (Å²) in [6.45, 7) is 2.37. The van der Waals surface area contributed by atoms with E-state index in [0.717, 1.165) is 23.2 Å². The third-order valence-corrected chi connectivity index (χ3v) is 4.66. The zero-order valence-electron chi connectivity index (χ0n) is 15.3. The Balaban J connectivity index is 1.53. The topological polar surface area (TPSA) is 78.5 Å². The molecule has 2 N–H and O–H groups in total. The van der Waals surface area contributed by atoms with E-state index in [4.69, 9.17) is 0 Å². The van der Waals surface area contributed by atoms with Crippen molar-refractivity contribution in [1.82, 2.24) is 10.9 Å². The number of nitrogens with zero attached hydrogens (tertiary/aromatic N) is 1. The number of carbonyl (C=O) groups is 3. The van der Waals surface area contributed by atoms with E-state index in [0.29, 0.717) is 6.54 Å². The van der Waals surface area contributed by atoms with Gasteiger partial charge in [0.2, 0.25) is 17.7 Å². The average Bonchev–Trinajstić information content (AvgIpc) is 3.09. The smallest absolute Gasteiger partial charge is 0.243 e. The molecule has 0 spiro atoms. The van der Waals surface area contributed by atoms with Gasteiger partial charge in [-0.1, -0.05) is 49.4 Å². The van der Waals surface area contributed by atoms with Crippen LogP contribution in [0.4, 0.5) is 5.69 Å². The summed E-state index contributed by atoms with van der Waals surface area (Å²) in [6.07, 6.45) is 1.20. The molecule has 2 aromatic carbocycles. The van der Waals surface area contributed by atoms with Gasteiger partial charge in [-0.05, 0) is 29.7 Å². The zero-order chi connectivity index (χ0) is 19.2. The molecular formula is C21H23N3O3. The minimum atomic E-state index is -0.486. The van der Waals surface area contributed by atoms with Crippen molar-refractivity contribution >= 4 is 23.4 Å². The van der Waals surface area contributed by atoms with Crippen molar-refractivity contribution in [3.63, 3.8) is 0 Å². The van der Waals surface area contributed by atoms with Crippen molar-refractivity contribution in [1.29, 1.82) is 0 Å². The molecule has 2 aromatic rings. The van der Waals surface area contributed by atoms with Crippen LogP contribution in [0.1, 0.15) is 24.5 Å². The lowest BCUT2D eigenvalue weighted by Crippen LogP contribution is -2.45. The molecule has 6 heteroatoms. The van der Waals surface area contributed by atoms with Crippen molar-refractivity contribution in [3.8, 4) is 0 Å². The number of hydrogen-bond donors (Lipinski definition) is 2. The number of hydrogen-bond acceptors (Lipinski definition) is 3. The van der Waals surface area contributed by atoms with Crippen LogP contribution >= 0.6 is 0 Å². The Morgan fingerprint density at radius 1 is 1.04 bits per heavy atom. The molecule has 0 saturated carbocycles. The summed E-state index contributed by atoms with van der Waals surface area (Å²) < 4.78 is 0. The second-order valence-corrected chi connectivity index (χ2v) is 6.63. The van der Waals surface area contributed by atoms with E-state index in [9.17, 15) is 14.4 Å². The van der Waals surface area contributed by atoms with E-state index >= 15 is 0 Å². The van der Waals surface area contributed by atoms with Crippen LogP contribution in [0, 0.1) is 5.92 Å². The van der Waals surface area contributed by atoms with Gasteiger partial charge in [-0.3, -0.25) is 25.2 Å². The lowest BCUT2D eigenvalue weighted by atomic mass is 10.1. The maximum atomic E-state index is 12.3. The summed E-state index contributed by atoms with van der Waals surface area (Å²) >= 11 is 0. The van der Waals surface area contributed by atoms with Gasteiger partial charge >= 0.3 is 0 Å². The summed E-state index contributed by atoms with van der Waals surface area (Å²) in [4.78, 5) is 38.3. The molecule has 0 aliphatic carbocycles. The maximum absolute atomic E-state index is 12.3. The van der Waals surface area contributed by atoms with Crippen molar-refractivity contribution in [2.75, 3.05) is 11.4 Å². The number of rotatable bonds is 5. The summed E-state index contributed by atoms with van der Waals surface area (Å²) in [5.41, 5.74) is 7.68. The minimum Gasteiger partial charge on any atom is -0.312 e.